The first-order valence-corrected chi connectivity index (χ1v) is 19.1. The molecular weight excluding hydrogens is 647 g/mol. The van der Waals surface area contributed by atoms with E-state index in [1.165, 1.54) is 44.5 Å². The van der Waals surface area contributed by atoms with Crippen LogP contribution < -0.4 is 28.7 Å². The van der Waals surface area contributed by atoms with Crippen LogP contribution in [0, 0.1) is 11.3 Å². The SMILES string of the molecule is CC1C=C(C(C)(C)C)C=[C]1[Ti+2](=[C](c1ccccc1)c1ccccc1)[c]1c(C(C)(C)C)ccc2c1Cc1cc(C(C)(C)C)ccc1-2.[Cl-].[Cl-]. The molecule has 244 valence electrons. The fourth-order valence-electron chi connectivity index (χ4n) is 7.21. The molecular formula is C44H50Cl2Ti. The summed E-state index contributed by atoms with van der Waals surface area (Å²) in [6, 6.07) is 34.9. The van der Waals surface area contributed by atoms with Crippen LogP contribution in [0.4, 0.5) is 0 Å². The summed E-state index contributed by atoms with van der Waals surface area (Å²) in [7, 11) is 0. The van der Waals surface area contributed by atoms with Gasteiger partial charge in [-0.2, -0.15) is 0 Å². The molecule has 0 saturated heterocycles. The summed E-state index contributed by atoms with van der Waals surface area (Å²) >= 11 is -2.44. The van der Waals surface area contributed by atoms with Crippen LogP contribution in [-0.4, -0.2) is 3.81 Å². The number of benzene rings is 4. The third-order valence-electron chi connectivity index (χ3n) is 9.76. The normalized spacial score (nSPS) is 15.3. The van der Waals surface area contributed by atoms with Gasteiger partial charge in [-0.25, -0.2) is 0 Å². The molecule has 0 bridgehead atoms. The predicted molar refractivity (Wildman–Crippen MR) is 193 cm³/mol. The molecule has 6 rings (SSSR count). The second-order valence-corrected chi connectivity index (χ2v) is 19.9. The minimum absolute atomic E-state index is 0. The van der Waals surface area contributed by atoms with Crippen molar-refractivity contribution in [3.63, 3.8) is 0 Å². The molecule has 2 aliphatic rings. The Kier molecular flexibility index (Phi) is 11.0. The van der Waals surface area contributed by atoms with E-state index in [2.05, 4.69) is 172 Å². The minimum Gasteiger partial charge on any atom is -1.00 e. The molecule has 2 aliphatic carbocycles. The van der Waals surface area contributed by atoms with E-state index in [0.717, 1.165) is 6.42 Å². The summed E-state index contributed by atoms with van der Waals surface area (Å²) < 4.78 is 4.92. The van der Waals surface area contributed by atoms with Crippen molar-refractivity contribution < 1.29 is 42.2 Å². The molecule has 0 spiro atoms. The Labute approximate surface area is 303 Å². The van der Waals surface area contributed by atoms with Crippen molar-refractivity contribution in [1.29, 1.82) is 0 Å². The number of hydrogen-bond acceptors (Lipinski definition) is 0. The summed E-state index contributed by atoms with van der Waals surface area (Å²) in [4.78, 5) is 0. The van der Waals surface area contributed by atoms with Crippen LogP contribution in [0.2, 0.25) is 0 Å². The summed E-state index contributed by atoms with van der Waals surface area (Å²) in [5.41, 5.74) is 13.4. The number of halogens is 2. The van der Waals surface area contributed by atoms with E-state index in [-0.39, 0.29) is 41.1 Å². The topological polar surface area (TPSA) is 0 Å². The van der Waals surface area contributed by atoms with Crippen LogP contribution in [-0.2, 0) is 34.7 Å². The van der Waals surface area contributed by atoms with Crippen molar-refractivity contribution in [2.45, 2.75) is 86.5 Å². The van der Waals surface area contributed by atoms with Gasteiger partial charge in [0.15, 0.2) is 0 Å². The molecule has 0 amide bonds. The second kappa shape index (κ2) is 13.8. The van der Waals surface area contributed by atoms with E-state index in [1.54, 1.807) is 17.1 Å². The van der Waals surface area contributed by atoms with Gasteiger partial charge >= 0.3 is 280 Å². The zero-order chi connectivity index (χ0) is 32.3. The van der Waals surface area contributed by atoms with Crippen LogP contribution >= 0.6 is 0 Å². The quantitative estimate of drug-likeness (QED) is 0.235. The molecule has 0 aromatic heterocycles. The summed E-state index contributed by atoms with van der Waals surface area (Å²) in [6.07, 6.45) is 6.22. The summed E-state index contributed by atoms with van der Waals surface area (Å²) in [5, 5.41) is 0. The first-order valence-electron chi connectivity index (χ1n) is 16.7. The first kappa shape index (κ1) is 37.3. The molecule has 1 atom stereocenters. The third-order valence-corrected chi connectivity index (χ3v) is 15.0. The van der Waals surface area contributed by atoms with Gasteiger partial charge in [0.2, 0.25) is 0 Å². The molecule has 0 heterocycles. The molecule has 3 heteroatoms. The fourth-order valence-corrected chi connectivity index (χ4v) is 13.2. The van der Waals surface area contributed by atoms with Crippen molar-refractivity contribution in [1.82, 2.24) is 0 Å². The molecule has 4 aromatic carbocycles. The Hall–Kier alpha value is -2.48. The van der Waals surface area contributed by atoms with Gasteiger partial charge in [0.1, 0.15) is 0 Å². The maximum absolute atomic E-state index is 2.64. The molecule has 0 nitrogen and oxygen atoms in total. The van der Waals surface area contributed by atoms with Gasteiger partial charge in [-0.1, -0.05) is 0 Å². The van der Waals surface area contributed by atoms with E-state index in [1.807, 2.05) is 0 Å². The summed E-state index contributed by atoms with van der Waals surface area (Å²) in [5.74, 6) is 0.414. The average molecular weight is 698 g/mol. The van der Waals surface area contributed by atoms with E-state index < -0.39 is 17.4 Å². The Bertz CT molecular complexity index is 1810. The number of fused-ring (bicyclic) bond motifs is 3. The van der Waals surface area contributed by atoms with E-state index in [4.69, 9.17) is 0 Å². The van der Waals surface area contributed by atoms with Crippen LogP contribution in [0.3, 0.4) is 0 Å². The maximum Gasteiger partial charge on any atom is -1.00 e. The number of allylic oxidation sites excluding steroid dienone is 4. The average Bonchev–Trinajstić information content (AvgIpc) is 3.55. The zero-order valence-corrected chi connectivity index (χ0v) is 32.9. The van der Waals surface area contributed by atoms with Gasteiger partial charge in [-0.15, -0.1) is 0 Å². The molecule has 4 aromatic rings. The van der Waals surface area contributed by atoms with Gasteiger partial charge in [0.05, 0.1) is 0 Å². The van der Waals surface area contributed by atoms with Crippen molar-refractivity contribution in [2.24, 2.45) is 11.3 Å². The van der Waals surface area contributed by atoms with Gasteiger partial charge in [0.25, 0.3) is 0 Å². The summed E-state index contributed by atoms with van der Waals surface area (Å²) in [6.45, 7) is 23.8. The number of hydrogen-bond donors (Lipinski definition) is 0. The molecule has 0 saturated carbocycles. The minimum atomic E-state index is -2.44. The van der Waals surface area contributed by atoms with Gasteiger partial charge in [-0.05, 0) is 0 Å². The zero-order valence-electron chi connectivity index (χ0n) is 29.9. The van der Waals surface area contributed by atoms with Crippen molar-refractivity contribution in [2.75, 3.05) is 0 Å². The molecule has 0 fully saturated rings. The van der Waals surface area contributed by atoms with Crippen LogP contribution in [0.25, 0.3) is 11.1 Å². The molecule has 47 heavy (non-hydrogen) atoms. The molecule has 0 N–H and O–H groups in total. The van der Waals surface area contributed by atoms with Crippen LogP contribution in [0.15, 0.2) is 113 Å². The van der Waals surface area contributed by atoms with Gasteiger partial charge in [0, 0.05) is 0 Å². The van der Waals surface area contributed by atoms with Crippen molar-refractivity contribution >= 4 is 7.68 Å². The maximum atomic E-state index is 2.64. The number of rotatable bonds is 4. The standard InChI is InChI=1S/C21H25.C13H10.C10H15.2ClH.Ti/c1-20(2,3)16-7-9-18-14(12-16)11-15-13-17(21(4,5)6)8-10-19(15)18;1-3-7-12(8-4-1)11-13-9-5-2-6-10-13;1-8-5-6-9(7-8)10(2,3)4;;;/h7-10,12H,11H2,1-6H3;1-10H;6-8H,1-4H3;2*1H;/q;;;;;+2/p-2. The smallest absolute Gasteiger partial charge is 1.00 e. The predicted octanol–water partition coefficient (Wildman–Crippen LogP) is 4.88. The second-order valence-electron chi connectivity index (χ2n) is 16.3. The Balaban J connectivity index is 0.00000250. The fraction of sp³-hybridized carbons (Fsp3) is 0.341. The van der Waals surface area contributed by atoms with E-state index in [9.17, 15) is 0 Å². The first-order chi connectivity index (χ1) is 21.1. The van der Waals surface area contributed by atoms with Crippen molar-refractivity contribution in [3.8, 4) is 11.1 Å². The van der Waals surface area contributed by atoms with Crippen LogP contribution in [0.5, 0.6) is 0 Å². The van der Waals surface area contributed by atoms with Crippen molar-refractivity contribution in [3.05, 3.63) is 146 Å². The molecule has 0 radical (unpaired) electrons. The third kappa shape index (κ3) is 7.28. The largest absolute Gasteiger partial charge is 1.00 e. The Morgan fingerprint density at radius 3 is 1.68 bits per heavy atom. The van der Waals surface area contributed by atoms with E-state index >= 15 is 0 Å². The van der Waals surface area contributed by atoms with Gasteiger partial charge < -0.3 is 24.8 Å². The van der Waals surface area contributed by atoms with E-state index in [0.29, 0.717) is 5.92 Å². The molecule has 0 aliphatic heterocycles. The van der Waals surface area contributed by atoms with Crippen LogP contribution in [0.1, 0.15) is 103 Å². The van der Waals surface area contributed by atoms with Gasteiger partial charge in [-0.3, -0.25) is 0 Å². The molecule has 1 unspecified atom stereocenters. The monoisotopic (exact) mass is 696 g/mol. The Morgan fingerprint density at radius 1 is 0.638 bits per heavy atom. The Morgan fingerprint density at radius 2 is 1.19 bits per heavy atom.